The Morgan fingerprint density at radius 3 is 2.76 bits per heavy atom. The Bertz CT molecular complexity index is 401. The molecular formula is C14H19ClFN. The first-order chi connectivity index (χ1) is 8.09. The summed E-state index contributed by atoms with van der Waals surface area (Å²) in [5.41, 5.74) is 1.22. The third-order valence-electron chi connectivity index (χ3n) is 3.90. The van der Waals surface area contributed by atoms with E-state index in [1.165, 1.54) is 18.9 Å². The summed E-state index contributed by atoms with van der Waals surface area (Å²) in [6, 6.07) is 5.56. The number of hydrogen-bond donors (Lipinski definition) is 1. The highest BCUT2D eigenvalue weighted by Gasteiger charge is 2.47. The minimum absolute atomic E-state index is 0.285. The predicted octanol–water partition coefficient (Wildman–Crippen LogP) is 3.80. The highest BCUT2D eigenvalue weighted by atomic mass is 35.5. The highest BCUT2D eigenvalue weighted by Crippen LogP contribution is 2.51. The van der Waals surface area contributed by atoms with Crippen molar-refractivity contribution in [1.29, 1.82) is 0 Å². The number of halogens is 2. The van der Waals surface area contributed by atoms with Crippen molar-refractivity contribution >= 4 is 11.6 Å². The van der Waals surface area contributed by atoms with Crippen molar-refractivity contribution in [2.24, 2.45) is 5.41 Å². The predicted molar refractivity (Wildman–Crippen MR) is 69.9 cm³/mol. The van der Waals surface area contributed by atoms with Gasteiger partial charge in [0.1, 0.15) is 5.82 Å². The van der Waals surface area contributed by atoms with Crippen molar-refractivity contribution < 1.29 is 4.39 Å². The quantitative estimate of drug-likeness (QED) is 0.844. The third kappa shape index (κ3) is 2.63. The van der Waals surface area contributed by atoms with Crippen molar-refractivity contribution in [2.45, 2.75) is 39.2 Å². The summed E-state index contributed by atoms with van der Waals surface area (Å²) < 4.78 is 13.4. The largest absolute Gasteiger partial charge is 0.314 e. The van der Waals surface area contributed by atoms with Gasteiger partial charge in [0.15, 0.2) is 0 Å². The molecule has 0 amide bonds. The highest BCUT2D eigenvalue weighted by molar-refractivity contribution is 6.31. The second-order valence-corrected chi connectivity index (χ2v) is 5.41. The van der Waals surface area contributed by atoms with Crippen LogP contribution >= 0.6 is 11.6 Å². The minimum atomic E-state index is -0.309. The Morgan fingerprint density at radius 2 is 2.18 bits per heavy atom. The fourth-order valence-corrected chi connectivity index (χ4v) is 2.70. The summed E-state index contributed by atoms with van der Waals surface area (Å²) in [6.45, 7) is 5.30. The van der Waals surface area contributed by atoms with Crippen LogP contribution in [0.15, 0.2) is 18.2 Å². The molecule has 1 nitrogen and oxygen atoms in total. The van der Waals surface area contributed by atoms with E-state index in [1.54, 1.807) is 6.07 Å². The van der Waals surface area contributed by atoms with Gasteiger partial charge in [-0.05, 0) is 49.8 Å². The van der Waals surface area contributed by atoms with Gasteiger partial charge in [-0.25, -0.2) is 4.39 Å². The monoisotopic (exact) mass is 255 g/mol. The molecule has 1 fully saturated rings. The molecule has 0 heterocycles. The smallest absolute Gasteiger partial charge is 0.142 e. The van der Waals surface area contributed by atoms with Gasteiger partial charge in [0.05, 0.1) is 5.02 Å². The molecule has 0 saturated heterocycles. The van der Waals surface area contributed by atoms with E-state index in [9.17, 15) is 4.39 Å². The van der Waals surface area contributed by atoms with Crippen molar-refractivity contribution in [3.63, 3.8) is 0 Å². The summed E-state index contributed by atoms with van der Waals surface area (Å²) in [5, 5.41) is 3.76. The molecule has 94 valence electrons. The molecule has 3 heteroatoms. The van der Waals surface area contributed by atoms with Gasteiger partial charge < -0.3 is 5.32 Å². The lowest BCUT2D eigenvalue weighted by Crippen LogP contribution is -2.36. The first-order valence-corrected chi connectivity index (χ1v) is 6.63. The Labute approximate surface area is 107 Å². The minimum Gasteiger partial charge on any atom is -0.314 e. The average Bonchev–Trinajstić information content (AvgIpc) is 3.06. The lowest BCUT2D eigenvalue weighted by atomic mass is 9.89. The van der Waals surface area contributed by atoms with E-state index in [4.69, 9.17) is 11.6 Å². The van der Waals surface area contributed by atoms with E-state index >= 15 is 0 Å². The van der Waals surface area contributed by atoms with E-state index in [1.807, 2.05) is 6.07 Å². The number of nitrogens with one attached hydrogen (secondary N) is 1. The molecule has 17 heavy (non-hydrogen) atoms. The third-order valence-corrected chi connectivity index (χ3v) is 4.32. The van der Waals surface area contributed by atoms with Gasteiger partial charge in [-0.15, -0.1) is 0 Å². The van der Waals surface area contributed by atoms with E-state index in [0.29, 0.717) is 11.1 Å². The summed E-state index contributed by atoms with van der Waals surface area (Å²) in [6.07, 6.45) is 3.28. The second-order valence-electron chi connectivity index (χ2n) is 5.03. The molecule has 1 aromatic rings. The fraction of sp³-hybridized carbons (Fsp3) is 0.571. The van der Waals surface area contributed by atoms with Crippen LogP contribution in [0.4, 0.5) is 4.39 Å². The maximum Gasteiger partial charge on any atom is 0.142 e. The Hall–Kier alpha value is -0.600. The van der Waals surface area contributed by atoms with E-state index in [-0.39, 0.29) is 11.2 Å². The summed E-state index contributed by atoms with van der Waals surface area (Å²) in [5.74, 6) is -0.309. The lowest BCUT2D eigenvalue weighted by Gasteiger charge is -2.24. The van der Waals surface area contributed by atoms with Gasteiger partial charge in [-0.3, -0.25) is 0 Å². The van der Waals surface area contributed by atoms with Gasteiger partial charge >= 0.3 is 0 Å². The average molecular weight is 256 g/mol. The Kier molecular flexibility index (Phi) is 3.74. The van der Waals surface area contributed by atoms with Crippen LogP contribution < -0.4 is 5.32 Å². The van der Waals surface area contributed by atoms with Crippen LogP contribution in [0.2, 0.25) is 5.02 Å². The molecule has 1 unspecified atom stereocenters. The zero-order valence-electron chi connectivity index (χ0n) is 10.4. The summed E-state index contributed by atoms with van der Waals surface area (Å²) in [7, 11) is 0. The van der Waals surface area contributed by atoms with Crippen LogP contribution in [0.25, 0.3) is 0 Å². The van der Waals surface area contributed by atoms with Crippen LogP contribution in [-0.4, -0.2) is 12.6 Å². The molecule has 1 saturated carbocycles. The summed E-state index contributed by atoms with van der Waals surface area (Å²) in [4.78, 5) is 0. The molecule has 1 aromatic carbocycles. The Balaban J connectivity index is 2.13. The van der Waals surface area contributed by atoms with Crippen molar-refractivity contribution in [2.75, 3.05) is 6.54 Å². The molecule has 1 N–H and O–H groups in total. The van der Waals surface area contributed by atoms with E-state index in [2.05, 4.69) is 19.2 Å². The molecule has 2 rings (SSSR count). The van der Waals surface area contributed by atoms with Crippen molar-refractivity contribution in [1.82, 2.24) is 5.32 Å². The first-order valence-electron chi connectivity index (χ1n) is 6.25. The van der Waals surface area contributed by atoms with Gasteiger partial charge in [-0.1, -0.05) is 30.7 Å². The van der Waals surface area contributed by atoms with Gasteiger partial charge in [0.25, 0.3) is 0 Å². The SMILES string of the molecule is CCNC(C)C1(Cc2cccc(F)c2Cl)CC1. The lowest BCUT2D eigenvalue weighted by molar-refractivity contribution is 0.355. The number of hydrogen-bond acceptors (Lipinski definition) is 1. The maximum absolute atomic E-state index is 13.4. The van der Waals surface area contributed by atoms with E-state index < -0.39 is 0 Å². The molecule has 1 aliphatic rings. The van der Waals surface area contributed by atoms with E-state index in [0.717, 1.165) is 18.5 Å². The van der Waals surface area contributed by atoms with Crippen LogP contribution in [-0.2, 0) is 6.42 Å². The van der Waals surface area contributed by atoms with Crippen LogP contribution in [0.5, 0.6) is 0 Å². The van der Waals surface area contributed by atoms with Crippen LogP contribution in [0, 0.1) is 11.2 Å². The van der Waals surface area contributed by atoms with Gasteiger partial charge in [-0.2, -0.15) is 0 Å². The van der Waals surface area contributed by atoms with Crippen molar-refractivity contribution in [3.05, 3.63) is 34.6 Å². The first kappa shape index (κ1) is 12.8. The zero-order chi connectivity index (χ0) is 12.5. The number of benzene rings is 1. The molecule has 0 bridgehead atoms. The molecule has 0 radical (unpaired) electrons. The standard InChI is InChI=1S/C14H19ClFN/c1-3-17-10(2)14(7-8-14)9-11-5-4-6-12(16)13(11)15/h4-6,10,17H,3,7-9H2,1-2H3. The van der Waals surface area contributed by atoms with Gasteiger partial charge in [0, 0.05) is 6.04 Å². The summed E-state index contributed by atoms with van der Waals surface area (Å²) >= 11 is 6.01. The molecule has 1 aliphatic carbocycles. The molecule has 0 aliphatic heterocycles. The van der Waals surface area contributed by atoms with Crippen LogP contribution in [0.1, 0.15) is 32.3 Å². The topological polar surface area (TPSA) is 12.0 Å². The normalized spacial score (nSPS) is 19.1. The molecule has 0 spiro atoms. The number of rotatable bonds is 5. The molecule has 0 aromatic heterocycles. The maximum atomic E-state index is 13.4. The molecular weight excluding hydrogens is 237 g/mol. The fourth-order valence-electron chi connectivity index (χ4n) is 2.51. The van der Waals surface area contributed by atoms with Crippen molar-refractivity contribution in [3.8, 4) is 0 Å². The zero-order valence-corrected chi connectivity index (χ0v) is 11.1. The van der Waals surface area contributed by atoms with Crippen LogP contribution in [0.3, 0.4) is 0 Å². The molecule has 1 atom stereocenters. The second kappa shape index (κ2) is 4.95. The Morgan fingerprint density at radius 1 is 1.47 bits per heavy atom. The van der Waals surface area contributed by atoms with Gasteiger partial charge in [0.2, 0.25) is 0 Å².